The number of benzene rings is 1. The van der Waals surface area contributed by atoms with Crippen molar-refractivity contribution in [3.63, 3.8) is 0 Å². The van der Waals surface area contributed by atoms with E-state index in [4.69, 9.17) is 6.42 Å². The van der Waals surface area contributed by atoms with Crippen LogP contribution < -0.4 is 10.0 Å². The predicted octanol–water partition coefficient (Wildman–Crippen LogP) is 1.80. The smallest absolute Gasteiger partial charge is 0.232 e. The second kappa shape index (κ2) is 7.17. The fourth-order valence-electron chi connectivity index (χ4n) is 1.56. The van der Waals surface area contributed by atoms with Gasteiger partial charge in [-0.1, -0.05) is 25.8 Å². The highest BCUT2D eigenvalue weighted by molar-refractivity contribution is 7.92. The summed E-state index contributed by atoms with van der Waals surface area (Å²) >= 11 is 0. The first-order valence-corrected chi connectivity index (χ1v) is 7.89. The molecular weight excluding hydrogens is 260 g/mol. The molecule has 0 aliphatic rings. The van der Waals surface area contributed by atoms with Crippen molar-refractivity contribution in [3.8, 4) is 12.3 Å². The van der Waals surface area contributed by atoms with Crippen LogP contribution in [-0.2, 0) is 10.0 Å². The molecule has 1 rings (SSSR count). The van der Waals surface area contributed by atoms with E-state index in [1.807, 2.05) is 13.8 Å². The van der Waals surface area contributed by atoms with Gasteiger partial charge in [-0.2, -0.15) is 0 Å². The molecule has 0 aliphatic heterocycles. The van der Waals surface area contributed by atoms with E-state index in [1.165, 1.54) is 0 Å². The zero-order valence-corrected chi connectivity index (χ0v) is 12.1. The van der Waals surface area contributed by atoms with E-state index in [0.717, 1.165) is 0 Å². The number of hydrogen-bond acceptors (Lipinski definition) is 3. The minimum absolute atomic E-state index is 0.0903. The van der Waals surface area contributed by atoms with Crippen LogP contribution in [-0.4, -0.2) is 26.8 Å². The Hall–Kier alpha value is -1.51. The van der Waals surface area contributed by atoms with Gasteiger partial charge in [-0.25, -0.2) is 8.42 Å². The van der Waals surface area contributed by atoms with Gasteiger partial charge in [-0.15, -0.1) is 6.42 Å². The molecule has 19 heavy (non-hydrogen) atoms. The minimum atomic E-state index is -3.32. The molecular formula is C14H20N2O2S. The summed E-state index contributed by atoms with van der Waals surface area (Å²) in [6.07, 6.45) is 5.85. The monoisotopic (exact) mass is 280 g/mol. The lowest BCUT2D eigenvalue weighted by molar-refractivity contribution is 0.571. The van der Waals surface area contributed by atoms with E-state index < -0.39 is 10.0 Å². The molecule has 0 radical (unpaired) electrons. The van der Waals surface area contributed by atoms with Crippen molar-refractivity contribution in [2.45, 2.75) is 26.3 Å². The van der Waals surface area contributed by atoms with Crippen molar-refractivity contribution in [2.24, 2.45) is 0 Å². The summed E-state index contributed by atoms with van der Waals surface area (Å²) in [5, 5.41) is 3.18. The van der Waals surface area contributed by atoms with Crippen LogP contribution in [0.4, 0.5) is 5.69 Å². The number of nitrogens with one attached hydrogen (secondary N) is 2. The van der Waals surface area contributed by atoms with Crippen molar-refractivity contribution < 1.29 is 8.42 Å². The second-order valence-electron chi connectivity index (χ2n) is 4.61. The van der Waals surface area contributed by atoms with E-state index in [2.05, 4.69) is 16.0 Å². The van der Waals surface area contributed by atoms with Crippen molar-refractivity contribution in [3.05, 3.63) is 29.8 Å². The van der Waals surface area contributed by atoms with E-state index in [1.54, 1.807) is 24.3 Å². The molecule has 4 nitrogen and oxygen atoms in total. The van der Waals surface area contributed by atoms with Gasteiger partial charge in [0.1, 0.15) is 0 Å². The largest absolute Gasteiger partial charge is 0.314 e. The molecule has 1 aromatic carbocycles. The Bertz CT molecular complexity index is 545. The molecule has 104 valence electrons. The molecule has 0 heterocycles. The zero-order chi connectivity index (χ0) is 14.3. The molecule has 0 unspecified atom stereocenters. The highest BCUT2D eigenvalue weighted by Crippen LogP contribution is 2.12. The van der Waals surface area contributed by atoms with E-state index >= 15 is 0 Å². The third-order valence-corrected chi connectivity index (χ3v) is 3.82. The molecule has 0 fully saturated rings. The van der Waals surface area contributed by atoms with E-state index in [-0.39, 0.29) is 5.75 Å². The topological polar surface area (TPSA) is 58.2 Å². The van der Waals surface area contributed by atoms with Gasteiger partial charge in [0.2, 0.25) is 10.0 Å². The third kappa shape index (κ3) is 6.27. The number of sulfonamides is 1. The SMILES string of the molecule is C#Cc1cccc(NS(=O)(=O)CCCNC(C)C)c1. The van der Waals surface area contributed by atoms with Crippen LogP contribution in [0.2, 0.25) is 0 Å². The summed E-state index contributed by atoms with van der Waals surface area (Å²) < 4.78 is 26.2. The Kier molecular flexibility index (Phi) is 5.87. The normalized spacial score (nSPS) is 11.3. The summed E-state index contributed by atoms with van der Waals surface area (Å²) in [7, 11) is -3.32. The molecule has 0 saturated carbocycles. The lowest BCUT2D eigenvalue weighted by Gasteiger charge is -2.10. The van der Waals surface area contributed by atoms with Crippen LogP contribution in [0.1, 0.15) is 25.8 Å². The maximum atomic E-state index is 11.9. The summed E-state index contributed by atoms with van der Waals surface area (Å²) in [4.78, 5) is 0. The van der Waals surface area contributed by atoms with Crippen molar-refractivity contribution in [1.82, 2.24) is 5.32 Å². The standard InChI is InChI=1S/C14H20N2O2S/c1-4-13-7-5-8-14(11-13)16-19(17,18)10-6-9-15-12(2)3/h1,5,7-8,11-12,15-16H,6,9-10H2,2-3H3. The Balaban J connectivity index is 2.52. The van der Waals surface area contributed by atoms with Gasteiger partial charge in [-0.3, -0.25) is 4.72 Å². The second-order valence-corrected chi connectivity index (χ2v) is 6.45. The Morgan fingerprint density at radius 3 is 2.74 bits per heavy atom. The van der Waals surface area contributed by atoms with Crippen molar-refractivity contribution in [1.29, 1.82) is 0 Å². The minimum Gasteiger partial charge on any atom is -0.314 e. The molecule has 0 aliphatic carbocycles. The average Bonchev–Trinajstić information content (AvgIpc) is 2.34. The first-order valence-electron chi connectivity index (χ1n) is 6.23. The number of rotatable bonds is 7. The Labute approximate surface area is 115 Å². The fourth-order valence-corrected chi connectivity index (χ4v) is 2.67. The molecule has 0 amide bonds. The van der Waals surface area contributed by atoms with Gasteiger partial charge < -0.3 is 5.32 Å². The van der Waals surface area contributed by atoms with Crippen molar-refractivity contribution >= 4 is 15.7 Å². The molecule has 5 heteroatoms. The van der Waals surface area contributed by atoms with Gasteiger partial charge in [0.25, 0.3) is 0 Å². The maximum absolute atomic E-state index is 11.9. The van der Waals surface area contributed by atoms with Gasteiger partial charge in [0, 0.05) is 17.3 Å². The summed E-state index contributed by atoms with van der Waals surface area (Å²) in [6, 6.07) is 7.18. The van der Waals surface area contributed by atoms with Gasteiger partial charge in [-0.05, 0) is 31.2 Å². The Morgan fingerprint density at radius 2 is 2.11 bits per heavy atom. The molecule has 0 spiro atoms. The van der Waals surface area contributed by atoms with Gasteiger partial charge in [0.15, 0.2) is 0 Å². The van der Waals surface area contributed by atoms with Crippen molar-refractivity contribution in [2.75, 3.05) is 17.0 Å². The molecule has 2 N–H and O–H groups in total. The highest BCUT2D eigenvalue weighted by Gasteiger charge is 2.10. The van der Waals surface area contributed by atoms with Crippen LogP contribution >= 0.6 is 0 Å². The number of terminal acetylenes is 1. The van der Waals surface area contributed by atoms with Crippen LogP contribution in [0.25, 0.3) is 0 Å². The summed E-state index contributed by atoms with van der Waals surface area (Å²) in [5.74, 6) is 2.56. The predicted molar refractivity (Wildman–Crippen MR) is 79.5 cm³/mol. The molecule has 0 atom stereocenters. The van der Waals surface area contributed by atoms with Crippen LogP contribution in [0.3, 0.4) is 0 Å². The first kappa shape index (κ1) is 15.5. The van der Waals surface area contributed by atoms with Crippen LogP contribution in [0.5, 0.6) is 0 Å². The van der Waals surface area contributed by atoms with Gasteiger partial charge in [0.05, 0.1) is 5.75 Å². The third-order valence-electron chi connectivity index (χ3n) is 2.45. The molecule has 1 aromatic rings. The lowest BCUT2D eigenvalue weighted by Crippen LogP contribution is -2.26. The molecule has 0 bridgehead atoms. The van der Waals surface area contributed by atoms with Crippen LogP contribution in [0, 0.1) is 12.3 Å². The Morgan fingerprint density at radius 1 is 1.37 bits per heavy atom. The fraction of sp³-hybridized carbons (Fsp3) is 0.429. The first-order chi connectivity index (χ1) is 8.93. The number of hydrogen-bond donors (Lipinski definition) is 2. The van der Waals surface area contributed by atoms with E-state index in [0.29, 0.717) is 30.3 Å². The maximum Gasteiger partial charge on any atom is 0.232 e. The summed E-state index contributed by atoms with van der Waals surface area (Å²) in [5.41, 5.74) is 1.16. The quantitative estimate of drug-likeness (QED) is 0.591. The molecule has 0 aromatic heterocycles. The lowest BCUT2D eigenvalue weighted by atomic mass is 10.2. The zero-order valence-electron chi connectivity index (χ0n) is 11.3. The van der Waals surface area contributed by atoms with Crippen LogP contribution in [0.15, 0.2) is 24.3 Å². The van der Waals surface area contributed by atoms with Gasteiger partial charge >= 0.3 is 0 Å². The summed E-state index contributed by atoms with van der Waals surface area (Å²) in [6.45, 7) is 4.74. The number of anilines is 1. The average molecular weight is 280 g/mol. The molecule has 0 saturated heterocycles. The highest BCUT2D eigenvalue weighted by atomic mass is 32.2. The van der Waals surface area contributed by atoms with E-state index in [9.17, 15) is 8.42 Å².